The summed E-state index contributed by atoms with van der Waals surface area (Å²) >= 11 is 0. The van der Waals surface area contributed by atoms with E-state index in [-0.39, 0.29) is 17.5 Å². The average Bonchev–Trinajstić information content (AvgIpc) is 2.79. The van der Waals surface area contributed by atoms with Crippen molar-refractivity contribution < 1.29 is 13.9 Å². The molecule has 0 atom stereocenters. The van der Waals surface area contributed by atoms with Gasteiger partial charge in [-0.25, -0.2) is 4.39 Å². The van der Waals surface area contributed by atoms with Crippen LogP contribution in [0.4, 0.5) is 10.1 Å². The summed E-state index contributed by atoms with van der Waals surface area (Å²) in [5, 5.41) is 17.3. The molecule has 7 nitrogen and oxygen atoms in total. The fourth-order valence-electron chi connectivity index (χ4n) is 5.18. The topological polar surface area (TPSA) is 99.1 Å². The monoisotopic (exact) mass is 487 g/mol. The van der Waals surface area contributed by atoms with Crippen LogP contribution in [0.1, 0.15) is 41.3 Å². The van der Waals surface area contributed by atoms with Crippen LogP contribution in [0, 0.1) is 23.6 Å². The van der Waals surface area contributed by atoms with Crippen LogP contribution in [0.5, 0.6) is 11.5 Å². The van der Waals surface area contributed by atoms with Crippen LogP contribution < -0.4 is 20.7 Å². The first-order chi connectivity index (χ1) is 17.3. The van der Waals surface area contributed by atoms with E-state index in [1.54, 1.807) is 51.4 Å². The normalized spacial score (nSPS) is 16.1. The van der Waals surface area contributed by atoms with Gasteiger partial charge in [-0.15, -0.1) is 0 Å². The van der Waals surface area contributed by atoms with Crippen molar-refractivity contribution in [2.24, 2.45) is 5.41 Å². The molecule has 1 aliphatic carbocycles. The van der Waals surface area contributed by atoms with Crippen LogP contribution in [0.2, 0.25) is 0 Å². The van der Waals surface area contributed by atoms with Crippen molar-refractivity contribution in [3.63, 3.8) is 0 Å². The van der Waals surface area contributed by atoms with Crippen LogP contribution >= 0.6 is 0 Å². The van der Waals surface area contributed by atoms with Crippen molar-refractivity contribution >= 4 is 17.3 Å². The molecule has 8 heteroatoms. The summed E-state index contributed by atoms with van der Waals surface area (Å²) in [6.07, 6.45) is 3.50. The smallest absolute Gasteiger partial charge is 0.254 e. The van der Waals surface area contributed by atoms with Gasteiger partial charge in [-0.3, -0.25) is 9.78 Å². The Balaban J connectivity index is 1.32. The fourth-order valence-corrected chi connectivity index (χ4v) is 5.18. The van der Waals surface area contributed by atoms with Crippen LogP contribution in [0.25, 0.3) is 11.3 Å². The third kappa shape index (κ3) is 4.56. The van der Waals surface area contributed by atoms with E-state index in [2.05, 4.69) is 20.9 Å². The number of hydrogen-bond donors (Lipinski definition) is 4. The number of benzene rings is 2. The number of hydrogen-bond acceptors (Lipinski definition) is 6. The zero-order chi connectivity index (χ0) is 25.4. The lowest BCUT2D eigenvalue weighted by molar-refractivity contribution is 0.0231. The van der Waals surface area contributed by atoms with E-state index in [0.717, 1.165) is 37.2 Å². The summed E-state index contributed by atoms with van der Waals surface area (Å²) in [4.78, 5) is 17.2. The molecule has 0 bridgehead atoms. The molecule has 2 aromatic carbocycles. The second-order valence-electron chi connectivity index (χ2n) is 9.89. The third-order valence-corrected chi connectivity index (χ3v) is 7.14. The highest BCUT2D eigenvalue weighted by Gasteiger charge is 2.48. The molecular weight excluding hydrogens is 457 g/mol. The van der Waals surface area contributed by atoms with Gasteiger partial charge in [-0.05, 0) is 68.0 Å². The Morgan fingerprint density at radius 3 is 2.56 bits per heavy atom. The summed E-state index contributed by atoms with van der Waals surface area (Å²) in [6, 6.07) is 12.2. The summed E-state index contributed by atoms with van der Waals surface area (Å²) in [5.74, 6) is 0.223. The summed E-state index contributed by atoms with van der Waals surface area (Å²) in [5.41, 5.74) is 4.14. The molecule has 0 unspecified atom stereocenters. The Morgan fingerprint density at radius 1 is 1.17 bits per heavy atom. The number of halogens is 1. The van der Waals surface area contributed by atoms with Gasteiger partial charge in [-0.1, -0.05) is 0 Å². The Labute approximate surface area is 210 Å². The van der Waals surface area contributed by atoms with E-state index in [1.165, 1.54) is 6.07 Å². The molecule has 3 aromatic rings. The van der Waals surface area contributed by atoms with Gasteiger partial charge in [0.05, 0.1) is 11.3 Å². The van der Waals surface area contributed by atoms with E-state index >= 15 is 4.39 Å². The molecular formula is C28H30FN5O2. The van der Waals surface area contributed by atoms with Crippen molar-refractivity contribution in [1.82, 2.24) is 15.6 Å². The molecule has 2 heterocycles. The van der Waals surface area contributed by atoms with E-state index in [0.29, 0.717) is 39.4 Å². The van der Waals surface area contributed by atoms with E-state index in [9.17, 15) is 4.79 Å². The number of amides is 1. The number of carbonyl (C=O) groups excluding carboxylic acids is 1. The standard InChI is InChI=1S/C28H30FN5O2/c1-16-8-18(9-23(29)26(16)27(35)34-19-12-28(13-19)14-32-15-28)24-10-21(6-7-33-24)36-20-4-5-22(17(2)30)25(11-20)31-3/h4-11,19,30-32H,12-15H2,1-3H3,(H,34,35). The van der Waals surface area contributed by atoms with Crippen molar-refractivity contribution in [1.29, 1.82) is 5.41 Å². The predicted molar refractivity (Wildman–Crippen MR) is 139 cm³/mol. The Kier molecular flexibility index (Phi) is 6.22. The van der Waals surface area contributed by atoms with Crippen molar-refractivity contribution in [3.05, 3.63) is 71.2 Å². The minimum absolute atomic E-state index is 0.0833. The highest BCUT2D eigenvalue weighted by Crippen LogP contribution is 2.44. The third-order valence-electron chi connectivity index (χ3n) is 7.14. The molecule has 1 aromatic heterocycles. The Hall–Kier alpha value is -3.78. The molecule has 186 valence electrons. The highest BCUT2D eigenvalue weighted by molar-refractivity contribution is 6.01. The Morgan fingerprint density at radius 2 is 1.92 bits per heavy atom. The van der Waals surface area contributed by atoms with E-state index in [4.69, 9.17) is 10.1 Å². The predicted octanol–water partition coefficient (Wildman–Crippen LogP) is 4.90. The van der Waals surface area contributed by atoms with Gasteiger partial charge < -0.3 is 26.1 Å². The number of carbonyl (C=O) groups is 1. The van der Waals surface area contributed by atoms with Gasteiger partial charge in [-0.2, -0.15) is 0 Å². The maximum atomic E-state index is 15.1. The number of rotatable bonds is 7. The number of nitrogens with one attached hydrogen (secondary N) is 4. The summed E-state index contributed by atoms with van der Waals surface area (Å²) in [6.45, 7) is 5.48. The van der Waals surface area contributed by atoms with Crippen LogP contribution in [-0.2, 0) is 0 Å². The lowest BCUT2D eigenvalue weighted by atomic mass is 9.61. The van der Waals surface area contributed by atoms with Gasteiger partial charge in [0.1, 0.15) is 17.3 Å². The second-order valence-corrected chi connectivity index (χ2v) is 9.89. The SMILES string of the molecule is CNc1cc(Oc2ccnc(-c3cc(C)c(C(=O)NC4CC5(CNC5)C4)c(F)c3)c2)ccc1C(C)=N. The fraction of sp³-hybridized carbons (Fsp3) is 0.321. The molecule has 36 heavy (non-hydrogen) atoms. The van der Waals surface area contributed by atoms with E-state index in [1.807, 2.05) is 12.1 Å². The minimum Gasteiger partial charge on any atom is -0.457 e. The lowest BCUT2D eigenvalue weighted by Gasteiger charge is -2.54. The van der Waals surface area contributed by atoms with Gasteiger partial charge in [0.15, 0.2) is 0 Å². The highest BCUT2D eigenvalue weighted by atomic mass is 19.1. The molecule has 0 radical (unpaired) electrons. The molecule has 5 rings (SSSR count). The number of ether oxygens (including phenoxy) is 1. The number of aromatic nitrogens is 1. The van der Waals surface area contributed by atoms with Gasteiger partial charge >= 0.3 is 0 Å². The zero-order valence-corrected chi connectivity index (χ0v) is 20.7. The van der Waals surface area contributed by atoms with E-state index < -0.39 is 5.82 Å². The first-order valence-electron chi connectivity index (χ1n) is 12.1. The largest absolute Gasteiger partial charge is 0.457 e. The molecule has 1 amide bonds. The van der Waals surface area contributed by atoms with Gasteiger partial charge in [0, 0.05) is 67.0 Å². The molecule has 1 saturated carbocycles. The molecule has 2 fully saturated rings. The molecule has 1 saturated heterocycles. The van der Waals surface area contributed by atoms with Gasteiger partial charge in [0.25, 0.3) is 5.91 Å². The number of aryl methyl sites for hydroxylation is 1. The average molecular weight is 488 g/mol. The molecule has 1 aliphatic heterocycles. The second kappa shape index (κ2) is 9.35. The lowest BCUT2D eigenvalue weighted by Crippen LogP contribution is -2.65. The van der Waals surface area contributed by atoms with Crippen LogP contribution in [0.15, 0.2) is 48.7 Å². The summed E-state index contributed by atoms with van der Waals surface area (Å²) in [7, 11) is 1.80. The molecule has 4 N–H and O–H groups in total. The van der Waals surface area contributed by atoms with Crippen molar-refractivity contribution in [2.75, 3.05) is 25.5 Å². The minimum atomic E-state index is -0.564. The maximum Gasteiger partial charge on any atom is 0.254 e. The number of nitrogens with zero attached hydrogens (tertiary/aromatic N) is 1. The van der Waals surface area contributed by atoms with Crippen LogP contribution in [-0.4, -0.2) is 42.8 Å². The van der Waals surface area contributed by atoms with Crippen molar-refractivity contribution in [3.8, 4) is 22.8 Å². The van der Waals surface area contributed by atoms with Gasteiger partial charge in [0.2, 0.25) is 0 Å². The quantitative estimate of drug-likeness (QED) is 0.355. The summed E-state index contributed by atoms with van der Waals surface area (Å²) < 4.78 is 21.1. The number of pyridine rings is 1. The zero-order valence-electron chi connectivity index (χ0n) is 20.7. The number of anilines is 1. The van der Waals surface area contributed by atoms with Crippen LogP contribution in [0.3, 0.4) is 0 Å². The Bertz CT molecular complexity index is 1320. The maximum absolute atomic E-state index is 15.1. The first-order valence-corrected chi connectivity index (χ1v) is 12.1. The molecule has 2 aliphatic rings. The first kappa shape index (κ1) is 23.9. The van der Waals surface area contributed by atoms with Crippen molar-refractivity contribution in [2.45, 2.75) is 32.7 Å². The molecule has 1 spiro atoms.